The van der Waals surface area contributed by atoms with Gasteiger partial charge in [-0.3, -0.25) is 9.59 Å². The first kappa shape index (κ1) is 27.9. The van der Waals surface area contributed by atoms with E-state index in [4.69, 9.17) is 32.3 Å². The Morgan fingerprint density at radius 2 is 1.86 bits per heavy atom. The first-order chi connectivity index (χ1) is 16.6. The van der Waals surface area contributed by atoms with Crippen molar-refractivity contribution in [1.29, 1.82) is 0 Å². The van der Waals surface area contributed by atoms with Crippen LogP contribution in [0, 0.1) is 0 Å². The number of carboxylic acid groups (broad SMARTS) is 2. The van der Waals surface area contributed by atoms with Crippen LogP contribution in [0.5, 0.6) is 5.75 Å². The molecule has 1 heterocycles. The molecule has 2 aromatic rings. The summed E-state index contributed by atoms with van der Waals surface area (Å²) in [5.74, 6) is -2.86. The first-order valence-electron chi connectivity index (χ1n) is 11.0. The summed E-state index contributed by atoms with van der Waals surface area (Å²) in [5, 5.41) is 29.2. The van der Waals surface area contributed by atoms with Gasteiger partial charge in [0.2, 0.25) is 0 Å². The standard InChI is InChI=1S/C20H24ClN3O2.C4H6O5/c1-26-19-12-18(22)17(21)11-16(19)20(25)23-15-7-9-24(10-8-15)13-14-5-3-2-4-6-14;5-2(4(8)9)1-3(6)7/h2-6,11-12,15H,7-10,13,22H2,1H3,(H,23,25);2,5H,1H2,(H,6,7)(H,8,9). The number of nitrogens with two attached hydrogens (primary N) is 1. The van der Waals surface area contributed by atoms with Crippen molar-refractivity contribution in [2.75, 3.05) is 25.9 Å². The number of nitrogen functional groups attached to an aromatic ring is 1. The molecule has 11 heteroatoms. The minimum atomic E-state index is -1.90. The summed E-state index contributed by atoms with van der Waals surface area (Å²) in [5.41, 5.74) is 7.96. The zero-order valence-corrected chi connectivity index (χ0v) is 20.1. The maximum Gasteiger partial charge on any atom is 0.306 e. The largest absolute Gasteiger partial charge is 0.547 e. The van der Waals surface area contributed by atoms with Crippen LogP contribution < -0.4 is 25.8 Å². The van der Waals surface area contributed by atoms with Crippen molar-refractivity contribution in [2.45, 2.75) is 38.0 Å². The summed E-state index contributed by atoms with van der Waals surface area (Å²) in [6.07, 6.45) is -0.803. The summed E-state index contributed by atoms with van der Waals surface area (Å²) in [7, 11) is 1.52. The number of amides is 1. The van der Waals surface area contributed by atoms with Gasteiger partial charge in [0.05, 0.1) is 48.9 Å². The zero-order chi connectivity index (χ0) is 26.0. The second kappa shape index (κ2) is 13.5. The number of likely N-dealkylation sites (tertiary alicyclic amines) is 1. The van der Waals surface area contributed by atoms with Crippen molar-refractivity contribution in [1.82, 2.24) is 5.32 Å². The van der Waals surface area contributed by atoms with E-state index in [0.717, 1.165) is 32.5 Å². The second-order valence-corrected chi connectivity index (χ2v) is 8.57. The molecule has 35 heavy (non-hydrogen) atoms. The molecule has 2 aromatic carbocycles. The third-order valence-electron chi connectivity index (χ3n) is 5.53. The van der Waals surface area contributed by atoms with Crippen molar-refractivity contribution in [2.24, 2.45) is 0 Å². The highest BCUT2D eigenvalue weighted by Gasteiger charge is 2.25. The Morgan fingerprint density at radius 3 is 2.37 bits per heavy atom. The highest BCUT2D eigenvalue weighted by atomic mass is 35.5. The van der Waals surface area contributed by atoms with E-state index in [1.165, 1.54) is 12.7 Å². The lowest BCUT2D eigenvalue weighted by atomic mass is 10.0. The number of aliphatic carboxylic acids is 2. The normalized spacial score (nSPS) is 17.9. The molecule has 3 rings (SSSR count). The Balaban J connectivity index is 0.000000410. The molecule has 10 nitrogen and oxygen atoms in total. The summed E-state index contributed by atoms with van der Waals surface area (Å²) >= 11 is 6.06. The van der Waals surface area contributed by atoms with Gasteiger partial charge in [-0.2, -0.15) is 0 Å². The molecule has 1 amide bonds. The van der Waals surface area contributed by atoms with E-state index in [1.54, 1.807) is 17.0 Å². The lowest BCUT2D eigenvalue weighted by molar-refractivity contribution is -0.918. The molecular formula is C24H30ClN3O7. The number of hydrogen-bond donors (Lipinski definition) is 5. The fraction of sp³-hybridized carbons (Fsp3) is 0.375. The van der Waals surface area contributed by atoms with Gasteiger partial charge in [0.25, 0.3) is 5.91 Å². The highest BCUT2D eigenvalue weighted by Crippen LogP contribution is 2.28. The average molecular weight is 508 g/mol. The van der Waals surface area contributed by atoms with Crippen molar-refractivity contribution in [3.05, 3.63) is 58.6 Å². The van der Waals surface area contributed by atoms with Gasteiger partial charge in [-0.25, -0.2) is 0 Å². The number of carbonyl (C=O) groups excluding carboxylic acids is 2. The lowest BCUT2D eigenvalue weighted by Crippen LogP contribution is -3.12. The molecule has 190 valence electrons. The number of hydrogen-bond acceptors (Lipinski definition) is 7. The third-order valence-corrected chi connectivity index (χ3v) is 5.86. The predicted octanol–water partition coefficient (Wildman–Crippen LogP) is -0.520. The minimum Gasteiger partial charge on any atom is -0.547 e. The van der Waals surface area contributed by atoms with Gasteiger partial charge in [0.1, 0.15) is 18.4 Å². The quantitative estimate of drug-likeness (QED) is 0.297. The number of quaternary nitrogens is 1. The van der Waals surface area contributed by atoms with E-state index in [9.17, 15) is 19.5 Å². The van der Waals surface area contributed by atoms with Gasteiger partial charge in [0, 0.05) is 30.5 Å². The third kappa shape index (κ3) is 9.08. The maximum absolute atomic E-state index is 12.6. The monoisotopic (exact) mass is 507 g/mol. The number of rotatable bonds is 8. The van der Waals surface area contributed by atoms with E-state index in [1.807, 2.05) is 6.07 Å². The number of aliphatic hydroxyl groups is 1. The van der Waals surface area contributed by atoms with Gasteiger partial charge in [-0.1, -0.05) is 41.9 Å². The summed E-state index contributed by atoms with van der Waals surface area (Å²) < 4.78 is 5.27. The molecule has 1 aliphatic rings. The van der Waals surface area contributed by atoms with Crippen LogP contribution >= 0.6 is 11.6 Å². The molecule has 0 saturated carbocycles. The van der Waals surface area contributed by atoms with E-state index < -0.39 is 24.5 Å². The number of methoxy groups -OCH3 is 1. The van der Waals surface area contributed by atoms with Gasteiger partial charge in [0.15, 0.2) is 0 Å². The van der Waals surface area contributed by atoms with Gasteiger partial charge in [-0.05, 0) is 6.07 Å². The summed E-state index contributed by atoms with van der Waals surface area (Å²) in [4.78, 5) is 33.5. The second-order valence-electron chi connectivity index (χ2n) is 8.17. The molecule has 0 aromatic heterocycles. The number of ether oxygens (including phenoxy) is 1. The number of carboxylic acids is 2. The molecule has 1 fully saturated rings. The van der Waals surface area contributed by atoms with Crippen LogP contribution in [0.25, 0.3) is 0 Å². The Kier molecular flexibility index (Phi) is 10.8. The average Bonchev–Trinajstić information content (AvgIpc) is 2.82. The Bertz CT molecular complexity index is 1010. The number of nitrogens with one attached hydrogen (secondary N) is 2. The van der Waals surface area contributed by atoms with Crippen LogP contribution in [-0.2, 0) is 16.1 Å². The molecular weight excluding hydrogens is 478 g/mol. The fourth-order valence-corrected chi connectivity index (χ4v) is 3.82. The van der Waals surface area contributed by atoms with Crippen LogP contribution in [0.3, 0.4) is 0 Å². The van der Waals surface area contributed by atoms with Gasteiger partial charge in [-0.15, -0.1) is 0 Å². The van der Waals surface area contributed by atoms with Crippen LogP contribution in [0.1, 0.15) is 35.2 Å². The smallest absolute Gasteiger partial charge is 0.306 e. The van der Waals surface area contributed by atoms with Gasteiger partial charge >= 0.3 is 5.97 Å². The van der Waals surface area contributed by atoms with Crippen molar-refractivity contribution >= 4 is 35.1 Å². The maximum atomic E-state index is 12.6. The number of carbonyl (C=O) groups is 3. The summed E-state index contributed by atoms with van der Waals surface area (Å²) in [6.45, 7) is 3.11. The molecule has 1 unspecified atom stereocenters. The number of aliphatic hydroxyl groups excluding tert-OH is 1. The first-order valence-corrected chi connectivity index (χ1v) is 11.4. The van der Waals surface area contributed by atoms with E-state index in [-0.39, 0.29) is 11.9 Å². The molecule has 0 bridgehead atoms. The fourth-order valence-electron chi connectivity index (χ4n) is 3.66. The molecule has 6 N–H and O–H groups in total. The number of piperidine rings is 1. The van der Waals surface area contributed by atoms with E-state index in [0.29, 0.717) is 22.0 Å². The SMILES string of the molecule is COc1cc(N)c(Cl)cc1C(=O)NC1CC[NH+](Cc2ccccc2)CC1.O=C(O)CC(O)C(=O)[O-]. The molecule has 0 radical (unpaired) electrons. The topological polar surface area (TPSA) is 166 Å². The molecule has 0 spiro atoms. The summed E-state index contributed by atoms with van der Waals surface area (Å²) in [6, 6.07) is 13.8. The molecule has 0 aliphatic carbocycles. The molecule has 1 aliphatic heterocycles. The zero-order valence-electron chi connectivity index (χ0n) is 19.3. The van der Waals surface area contributed by atoms with Crippen LogP contribution in [-0.4, -0.2) is 60.4 Å². The minimum absolute atomic E-state index is 0.166. The van der Waals surface area contributed by atoms with Crippen LogP contribution in [0.2, 0.25) is 5.02 Å². The van der Waals surface area contributed by atoms with Crippen LogP contribution in [0.4, 0.5) is 5.69 Å². The Labute approximate surface area is 208 Å². The van der Waals surface area contributed by atoms with E-state index >= 15 is 0 Å². The Morgan fingerprint density at radius 1 is 1.23 bits per heavy atom. The van der Waals surface area contributed by atoms with Crippen molar-refractivity contribution in [3.8, 4) is 5.75 Å². The molecule has 1 atom stereocenters. The predicted molar refractivity (Wildman–Crippen MR) is 127 cm³/mol. The number of benzene rings is 2. The van der Waals surface area contributed by atoms with E-state index in [2.05, 4.69) is 29.6 Å². The molecule has 1 saturated heterocycles. The Hall–Kier alpha value is -3.34. The lowest BCUT2D eigenvalue weighted by Gasteiger charge is -2.30. The highest BCUT2D eigenvalue weighted by molar-refractivity contribution is 6.33. The van der Waals surface area contributed by atoms with Crippen molar-refractivity contribution in [3.63, 3.8) is 0 Å². The van der Waals surface area contributed by atoms with Crippen molar-refractivity contribution < 1.29 is 39.3 Å². The number of anilines is 1. The number of halogens is 1. The van der Waals surface area contributed by atoms with Crippen LogP contribution in [0.15, 0.2) is 42.5 Å². The van der Waals surface area contributed by atoms with Gasteiger partial charge < -0.3 is 40.8 Å².